The predicted octanol–water partition coefficient (Wildman–Crippen LogP) is 4.41. The molecular weight excluding hydrogens is 566 g/mol. The van der Waals surface area contributed by atoms with Gasteiger partial charge in [-0.15, -0.1) is 11.6 Å². The number of fused-ring (bicyclic) bond motifs is 2. The van der Waals surface area contributed by atoms with Gasteiger partial charge in [0.1, 0.15) is 5.88 Å². The Bertz CT molecular complexity index is 1500. The molecule has 3 amide bonds. The smallest absolute Gasteiger partial charge is 0.317 e. The van der Waals surface area contributed by atoms with Crippen LogP contribution in [0.3, 0.4) is 0 Å². The van der Waals surface area contributed by atoms with Gasteiger partial charge in [-0.1, -0.05) is 0 Å². The van der Waals surface area contributed by atoms with Gasteiger partial charge in [-0.25, -0.2) is 13.6 Å². The number of alkyl halides is 3. The number of carbonyl (C=O) groups excluding carboxylic acids is 2. The maximum Gasteiger partial charge on any atom is 0.317 e. The zero-order valence-electron chi connectivity index (χ0n) is 23.8. The summed E-state index contributed by atoms with van der Waals surface area (Å²) in [5.74, 6) is 0.622. The van der Waals surface area contributed by atoms with E-state index in [0.29, 0.717) is 56.1 Å². The molecule has 3 aliphatic heterocycles. The van der Waals surface area contributed by atoms with Crippen LogP contribution in [0.5, 0.6) is 0 Å². The Morgan fingerprint density at radius 2 is 1.90 bits per heavy atom. The van der Waals surface area contributed by atoms with Gasteiger partial charge in [0, 0.05) is 81.0 Å². The summed E-state index contributed by atoms with van der Waals surface area (Å²) in [6.07, 6.45) is 4.45. The summed E-state index contributed by atoms with van der Waals surface area (Å²) >= 11 is 5.79. The topological polar surface area (TPSA) is 91.5 Å². The number of anilines is 2. The fourth-order valence-corrected chi connectivity index (χ4v) is 6.75. The largest absolute Gasteiger partial charge is 0.342 e. The second kappa shape index (κ2) is 11.5. The van der Waals surface area contributed by atoms with E-state index in [1.807, 2.05) is 6.07 Å². The molecule has 1 fully saturated rings. The van der Waals surface area contributed by atoms with Crippen LogP contribution in [0.15, 0.2) is 24.5 Å². The normalized spacial score (nSPS) is 17.4. The number of benzene rings is 1. The lowest BCUT2D eigenvalue weighted by Gasteiger charge is -2.34. The molecule has 2 aromatic heterocycles. The van der Waals surface area contributed by atoms with Crippen LogP contribution in [0.4, 0.5) is 25.1 Å². The Morgan fingerprint density at radius 3 is 2.57 bits per heavy atom. The summed E-state index contributed by atoms with van der Waals surface area (Å²) < 4.78 is 32.7. The highest BCUT2D eigenvalue weighted by Crippen LogP contribution is 2.43. The van der Waals surface area contributed by atoms with Crippen LogP contribution in [0, 0.1) is 0 Å². The van der Waals surface area contributed by atoms with Crippen molar-refractivity contribution in [2.75, 3.05) is 44.0 Å². The molecule has 0 spiro atoms. The van der Waals surface area contributed by atoms with E-state index < -0.39 is 6.43 Å². The third kappa shape index (κ3) is 5.10. The lowest BCUT2D eigenvalue weighted by Crippen LogP contribution is -2.42. The number of carbonyl (C=O) groups is 2. The van der Waals surface area contributed by atoms with Gasteiger partial charge in [-0.2, -0.15) is 10.2 Å². The van der Waals surface area contributed by atoms with Crippen LogP contribution in [0.25, 0.3) is 11.1 Å². The van der Waals surface area contributed by atoms with Crippen LogP contribution >= 0.6 is 11.6 Å². The molecule has 0 aliphatic carbocycles. The van der Waals surface area contributed by atoms with Gasteiger partial charge >= 0.3 is 6.03 Å². The van der Waals surface area contributed by atoms with Gasteiger partial charge < -0.3 is 20.0 Å². The summed E-state index contributed by atoms with van der Waals surface area (Å²) in [4.78, 5) is 30.4. The predicted molar refractivity (Wildman–Crippen MR) is 155 cm³/mol. The van der Waals surface area contributed by atoms with Crippen molar-refractivity contribution in [3.63, 3.8) is 0 Å². The molecule has 10 nitrogen and oxygen atoms in total. The van der Waals surface area contributed by atoms with Gasteiger partial charge in [0.2, 0.25) is 5.91 Å². The van der Waals surface area contributed by atoms with Gasteiger partial charge in [-0.05, 0) is 48.9 Å². The van der Waals surface area contributed by atoms with Crippen LogP contribution in [0.1, 0.15) is 54.1 Å². The van der Waals surface area contributed by atoms with Crippen molar-refractivity contribution in [1.82, 2.24) is 34.7 Å². The maximum atomic E-state index is 14.5. The number of likely N-dealkylation sites (tertiary alicyclic amines) is 1. The number of nitrogens with one attached hydrogen (secondary N) is 1. The molecular formula is C29H35ClF2N8O2. The summed E-state index contributed by atoms with van der Waals surface area (Å²) in [5.41, 5.74) is 4.86. The Kier molecular flexibility index (Phi) is 7.82. The fourth-order valence-electron chi connectivity index (χ4n) is 6.58. The van der Waals surface area contributed by atoms with E-state index in [4.69, 9.17) is 16.7 Å². The first-order chi connectivity index (χ1) is 20.3. The summed E-state index contributed by atoms with van der Waals surface area (Å²) in [6.45, 7) is 2.78. The summed E-state index contributed by atoms with van der Waals surface area (Å²) in [6, 6.07) is 3.42. The number of hydrogen-bond donors (Lipinski definition) is 1. The highest BCUT2D eigenvalue weighted by Gasteiger charge is 2.35. The first-order valence-corrected chi connectivity index (χ1v) is 14.9. The minimum atomic E-state index is -2.66. The highest BCUT2D eigenvalue weighted by molar-refractivity contribution is 6.27. The molecule has 1 saturated heterocycles. The molecule has 3 aliphatic rings. The minimum absolute atomic E-state index is 0.0290. The molecule has 224 valence electrons. The number of piperidine rings is 1. The summed E-state index contributed by atoms with van der Waals surface area (Å²) in [7, 11) is 3.39. The van der Waals surface area contributed by atoms with Crippen molar-refractivity contribution in [1.29, 1.82) is 0 Å². The van der Waals surface area contributed by atoms with Crippen LogP contribution in [0.2, 0.25) is 0 Å². The molecule has 1 N–H and O–H groups in total. The molecule has 13 heteroatoms. The van der Waals surface area contributed by atoms with Crippen molar-refractivity contribution in [2.45, 2.75) is 51.1 Å². The molecule has 0 atom stereocenters. The number of aromatic nitrogens is 4. The number of halogens is 3. The van der Waals surface area contributed by atoms with Crippen molar-refractivity contribution >= 4 is 35.0 Å². The van der Waals surface area contributed by atoms with Crippen LogP contribution in [-0.4, -0.2) is 80.4 Å². The average Bonchev–Trinajstić information content (AvgIpc) is 3.62. The minimum Gasteiger partial charge on any atom is -0.342 e. The van der Waals surface area contributed by atoms with E-state index >= 15 is 0 Å². The molecule has 0 bridgehead atoms. The number of nitrogens with zero attached hydrogens (tertiary/aromatic N) is 7. The highest BCUT2D eigenvalue weighted by atomic mass is 35.5. The van der Waals surface area contributed by atoms with Crippen molar-refractivity contribution in [3.8, 4) is 11.1 Å². The third-order valence-electron chi connectivity index (χ3n) is 8.72. The van der Waals surface area contributed by atoms with E-state index in [2.05, 4.69) is 20.0 Å². The van der Waals surface area contributed by atoms with Gasteiger partial charge in [-0.3, -0.25) is 14.2 Å². The number of amides is 3. The molecule has 0 saturated carbocycles. The molecule has 42 heavy (non-hydrogen) atoms. The van der Waals surface area contributed by atoms with Crippen LogP contribution < -0.4 is 10.2 Å². The second-order valence-corrected chi connectivity index (χ2v) is 11.5. The van der Waals surface area contributed by atoms with Gasteiger partial charge in [0.25, 0.3) is 6.43 Å². The Morgan fingerprint density at radius 1 is 1.12 bits per heavy atom. The Labute approximate surface area is 248 Å². The van der Waals surface area contributed by atoms with E-state index in [-0.39, 0.29) is 29.4 Å². The first-order valence-electron chi connectivity index (χ1n) is 14.4. The Balaban J connectivity index is 1.41. The third-order valence-corrected chi connectivity index (χ3v) is 8.95. The molecule has 0 unspecified atom stereocenters. The number of aryl methyl sites for hydroxylation is 2. The molecule has 1 aromatic carbocycles. The average molecular weight is 601 g/mol. The van der Waals surface area contributed by atoms with E-state index in [0.717, 1.165) is 48.2 Å². The van der Waals surface area contributed by atoms with Gasteiger partial charge in [0.15, 0.2) is 5.82 Å². The fraction of sp³-hybridized carbons (Fsp3) is 0.517. The molecule has 3 aromatic rings. The van der Waals surface area contributed by atoms with E-state index in [1.165, 1.54) is 0 Å². The second-order valence-electron chi connectivity index (χ2n) is 11.2. The maximum absolute atomic E-state index is 14.5. The molecule has 5 heterocycles. The Hall–Kier alpha value is -3.67. The first kappa shape index (κ1) is 28.4. The number of urea groups is 1. The standard InChI is InChI=1S/C29H35ClF2N8O2/c1-33-29(42)38-11-7-24-23(17-38)28(35-40(24)20-5-9-37(10-6-20)26(41)14-30)39-8-3-4-18-12-21(19-15-34-36(2)16-19)22(27(31)32)13-25(18)39/h12-13,15-16,20,27H,3-11,14,17H2,1-2H3,(H,33,42). The SMILES string of the molecule is CNC(=O)N1CCc2c(c(N3CCCc4cc(-c5cnn(C)c5)c(C(F)F)cc43)nn2C2CCN(C(=O)CCl)CC2)C1. The van der Waals surface area contributed by atoms with E-state index in [9.17, 15) is 18.4 Å². The van der Waals surface area contributed by atoms with Crippen molar-refractivity contribution in [3.05, 3.63) is 46.9 Å². The molecule has 0 radical (unpaired) electrons. The van der Waals surface area contributed by atoms with Crippen molar-refractivity contribution < 1.29 is 18.4 Å². The van der Waals surface area contributed by atoms with Gasteiger partial charge in [0.05, 0.1) is 18.8 Å². The zero-order chi connectivity index (χ0) is 29.5. The van der Waals surface area contributed by atoms with E-state index in [1.54, 1.807) is 47.0 Å². The quantitative estimate of drug-likeness (QED) is 0.438. The molecule has 6 rings (SSSR count). The number of hydrogen-bond acceptors (Lipinski definition) is 5. The zero-order valence-corrected chi connectivity index (χ0v) is 24.6. The van der Waals surface area contributed by atoms with Crippen molar-refractivity contribution in [2.24, 2.45) is 7.05 Å². The monoisotopic (exact) mass is 600 g/mol. The van der Waals surface area contributed by atoms with Crippen LogP contribution in [-0.2, 0) is 31.2 Å². The summed E-state index contributed by atoms with van der Waals surface area (Å²) in [5, 5.41) is 12.1. The lowest BCUT2D eigenvalue weighted by atomic mass is 9.92. The lowest BCUT2D eigenvalue weighted by molar-refractivity contribution is -0.129. The number of rotatable bonds is 5.